The fourth-order valence-electron chi connectivity index (χ4n) is 5.14. The first-order chi connectivity index (χ1) is 12.9. The second-order valence-electron chi connectivity index (χ2n) is 8.58. The van der Waals surface area contributed by atoms with E-state index in [4.69, 9.17) is 0 Å². The molecule has 1 aromatic rings. The van der Waals surface area contributed by atoms with Crippen molar-refractivity contribution in [3.8, 4) is 5.75 Å². The number of rotatable bonds is 1. The first-order valence-electron chi connectivity index (χ1n) is 9.66. The van der Waals surface area contributed by atoms with Gasteiger partial charge in [0.15, 0.2) is 0 Å². The lowest BCUT2D eigenvalue weighted by Gasteiger charge is -2.40. The van der Waals surface area contributed by atoms with Crippen LogP contribution in [0.3, 0.4) is 0 Å². The topological polar surface area (TPSA) is 98.7 Å². The van der Waals surface area contributed by atoms with Gasteiger partial charge in [0.05, 0.1) is 0 Å². The normalized spacial score (nSPS) is 30.8. The summed E-state index contributed by atoms with van der Waals surface area (Å²) >= 11 is 0. The standard InChI is InChI=1S/C20H23N3O4/c24-14-2-1-13-10-23(11-19(7-8-19)15(13)9-14)16(25)12-3-5-20(6-4-12)17(26)21-18(27)22-20/h1-2,9,12,24H,3-8,10-11H2,(H2,21,22,26,27). The minimum absolute atomic E-state index is 0.0111. The Morgan fingerprint density at radius 1 is 1.15 bits per heavy atom. The van der Waals surface area contributed by atoms with Crippen LogP contribution < -0.4 is 10.6 Å². The summed E-state index contributed by atoms with van der Waals surface area (Å²) in [5.74, 6) is 0.0753. The van der Waals surface area contributed by atoms with Gasteiger partial charge in [-0.05, 0) is 61.8 Å². The molecule has 2 aliphatic heterocycles. The number of carbonyl (C=O) groups is 3. The van der Waals surface area contributed by atoms with E-state index in [1.54, 1.807) is 6.07 Å². The van der Waals surface area contributed by atoms with Crippen LogP contribution in [0.5, 0.6) is 5.75 Å². The molecule has 3 fully saturated rings. The molecule has 1 saturated heterocycles. The zero-order chi connectivity index (χ0) is 18.8. The summed E-state index contributed by atoms with van der Waals surface area (Å²) in [5.41, 5.74) is 1.51. The molecule has 3 N–H and O–H groups in total. The molecule has 7 nitrogen and oxygen atoms in total. The number of amides is 4. The smallest absolute Gasteiger partial charge is 0.322 e. The molecule has 0 aromatic heterocycles. The molecular weight excluding hydrogens is 346 g/mol. The van der Waals surface area contributed by atoms with Crippen LogP contribution in [0.15, 0.2) is 18.2 Å². The van der Waals surface area contributed by atoms with Crippen molar-refractivity contribution >= 4 is 17.8 Å². The van der Waals surface area contributed by atoms with Crippen molar-refractivity contribution in [3.05, 3.63) is 29.3 Å². The maximum absolute atomic E-state index is 13.2. The van der Waals surface area contributed by atoms with Gasteiger partial charge in [-0.25, -0.2) is 4.79 Å². The highest BCUT2D eigenvalue weighted by Gasteiger charge is 2.52. The number of phenols is 1. The molecule has 1 aromatic carbocycles. The van der Waals surface area contributed by atoms with Gasteiger partial charge in [0.25, 0.3) is 5.91 Å². The minimum atomic E-state index is -0.822. The maximum atomic E-state index is 13.2. The van der Waals surface area contributed by atoms with Crippen LogP contribution in [0.4, 0.5) is 4.79 Å². The monoisotopic (exact) mass is 369 g/mol. The molecule has 7 heteroatoms. The molecule has 4 amide bonds. The summed E-state index contributed by atoms with van der Waals surface area (Å²) in [7, 11) is 0. The number of nitrogens with one attached hydrogen (secondary N) is 2. The number of nitrogens with zero attached hydrogens (tertiary/aromatic N) is 1. The average Bonchev–Trinajstić information content (AvgIpc) is 3.36. The van der Waals surface area contributed by atoms with Crippen LogP contribution in [-0.4, -0.2) is 39.9 Å². The Hall–Kier alpha value is -2.57. The summed E-state index contributed by atoms with van der Waals surface area (Å²) in [6.07, 6.45) is 4.33. The van der Waals surface area contributed by atoms with Gasteiger partial charge in [-0.15, -0.1) is 0 Å². The lowest BCUT2D eigenvalue weighted by atomic mass is 9.75. The summed E-state index contributed by atoms with van der Waals surface area (Å²) in [6, 6.07) is 5.04. The van der Waals surface area contributed by atoms with Crippen LogP contribution in [0.1, 0.15) is 49.7 Å². The van der Waals surface area contributed by atoms with E-state index in [0.29, 0.717) is 38.8 Å². The van der Waals surface area contributed by atoms with Gasteiger partial charge in [-0.3, -0.25) is 14.9 Å². The molecule has 0 bridgehead atoms. The molecule has 0 radical (unpaired) electrons. The average molecular weight is 369 g/mol. The fraction of sp³-hybridized carbons (Fsp3) is 0.550. The van der Waals surface area contributed by atoms with Crippen LogP contribution in [0, 0.1) is 5.92 Å². The molecule has 2 spiro atoms. The van der Waals surface area contributed by atoms with E-state index in [0.717, 1.165) is 18.4 Å². The van der Waals surface area contributed by atoms with Gasteiger partial charge < -0.3 is 15.3 Å². The number of carbonyl (C=O) groups excluding carboxylic acids is 3. The minimum Gasteiger partial charge on any atom is -0.508 e. The van der Waals surface area contributed by atoms with E-state index in [9.17, 15) is 19.5 Å². The third kappa shape index (κ3) is 2.51. The molecule has 2 heterocycles. The summed E-state index contributed by atoms with van der Waals surface area (Å²) < 4.78 is 0. The van der Waals surface area contributed by atoms with Crippen molar-refractivity contribution in [2.75, 3.05) is 6.54 Å². The molecule has 0 unspecified atom stereocenters. The number of phenolic OH excluding ortho intramolecular Hbond substituents is 1. The van der Waals surface area contributed by atoms with Crippen LogP contribution in [-0.2, 0) is 21.5 Å². The lowest BCUT2D eigenvalue weighted by molar-refractivity contribution is -0.140. The molecule has 2 saturated carbocycles. The van der Waals surface area contributed by atoms with Crippen molar-refractivity contribution in [2.45, 2.75) is 56.0 Å². The van der Waals surface area contributed by atoms with Crippen molar-refractivity contribution in [3.63, 3.8) is 0 Å². The highest BCUT2D eigenvalue weighted by Crippen LogP contribution is 2.53. The third-order valence-corrected chi connectivity index (χ3v) is 6.89. The van der Waals surface area contributed by atoms with Gasteiger partial charge in [0.2, 0.25) is 5.91 Å². The van der Waals surface area contributed by atoms with Gasteiger partial charge in [-0.2, -0.15) is 0 Å². The SMILES string of the molecule is O=C1NC(=O)C2(CCC(C(=O)N3Cc4ccc(O)cc4C4(CC4)C3)CC2)N1. The number of hydrogen-bond donors (Lipinski definition) is 3. The highest BCUT2D eigenvalue weighted by molar-refractivity contribution is 6.07. The first-order valence-corrected chi connectivity index (χ1v) is 9.66. The van der Waals surface area contributed by atoms with E-state index in [1.807, 2.05) is 17.0 Å². The third-order valence-electron chi connectivity index (χ3n) is 6.89. The maximum Gasteiger partial charge on any atom is 0.322 e. The van der Waals surface area contributed by atoms with E-state index >= 15 is 0 Å². The van der Waals surface area contributed by atoms with Crippen molar-refractivity contribution in [1.82, 2.24) is 15.5 Å². The van der Waals surface area contributed by atoms with E-state index in [-0.39, 0.29) is 28.9 Å². The molecule has 142 valence electrons. The highest BCUT2D eigenvalue weighted by atomic mass is 16.3. The van der Waals surface area contributed by atoms with Crippen LogP contribution in [0.2, 0.25) is 0 Å². The number of imide groups is 1. The van der Waals surface area contributed by atoms with Crippen LogP contribution >= 0.6 is 0 Å². The molecule has 27 heavy (non-hydrogen) atoms. The van der Waals surface area contributed by atoms with Gasteiger partial charge in [0.1, 0.15) is 11.3 Å². The summed E-state index contributed by atoms with van der Waals surface area (Å²) in [5, 5.41) is 14.9. The predicted octanol–water partition coefficient (Wildman–Crippen LogP) is 1.53. The van der Waals surface area contributed by atoms with E-state index in [1.165, 1.54) is 5.56 Å². The number of aromatic hydroxyl groups is 1. The molecule has 0 atom stereocenters. The number of benzene rings is 1. The Balaban J connectivity index is 1.31. The Morgan fingerprint density at radius 3 is 2.52 bits per heavy atom. The summed E-state index contributed by atoms with van der Waals surface area (Å²) in [4.78, 5) is 38.7. The zero-order valence-electron chi connectivity index (χ0n) is 15.1. The second-order valence-corrected chi connectivity index (χ2v) is 8.58. The van der Waals surface area contributed by atoms with Crippen molar-refractivity contribution < 1.29 is 19.5 Å². The van der Waals surface area contributed by atoms with E-state index in [2.05, 4.69) is 10.6 Å². The predicted molar refractivity (Wildman–Crippen MR) is 95.8 cm³/mol. The molecule has 4 aliphatic rings. The molecular formula is C20H23N3O4. The Kier molecular flexibility index (Phi) is 3.36. The van der Waals surface area contributed by atoms with Crippen molar-refractivity contribution in [1.29, 1.82) is 0 Å². The lowest BCUT2D eigenvalue weighted by Crippen LogP contribution is -2.52. The van der Waals surface area contributed by atoms with Gasteiger partial charge >= 0.3 is 6.03 Å². The van der Waals surface area contributed by atoms with Gasteiger partial charge in [-0.1, -0.05) is 6.07 Å². The number of fused-ring (bicyclic) bond motifs is 2. The second kappa shape index (κ2) is 5.47. The van der Waals surface area contributed by atoms with Crippen molar-refractivity contribution in [2.24, 2.45) is 5.92 Å². The molecule has 5 rings (SSSR count). The fourth-order valence-corrected chi connectivity index (χ4v) is 5.14. The Morgan fingerprint density at radius 2 is 1.89 bits per heavy atom. The largest absolute Gasteiger partial charge is 0.508 e. The molecule has 2 aliphatic carbocycles. The summed E-state index contributed by atoms with van der Waals surface area (Å²) in [6.45, 7) is 1.29. The first kappa shape index (κ1) is 16.6. The quantitative estimate of drug-likeness (QED) is 0.654. The Bertz CT molecular complexity index is 853. The van der Waals surface area contributed by atoms with Crippen LogP contribution in [0.25, 0.3) is 0 Å². The number of hydrogen-bond acceptors (Lipinski definition) is 4. The zero-order valence-corrected chi connectivity index (χ0v) is 15.1. The van der Waals surface area contributed by atoms with Gasteiger partial charge in [0, 0.05) is 24.4 Å². The Labute approximate surface area is 157 Å². The van der Waals surface area contributed by atoms with E-state index < -0.39 is 11.6 Å². The number of urea groups is 1.